The fourth-order valence-electron chi connectivity index (χ4n) is 1.81. The molecule has 0 aliphatic carbocycles. The lowest BCUT2D eigenvalue weighted by atomic mass is 10.5. The molecule has 0 aliphatic heterocycles. The van der Waals surface area contributed by atoms with E-state index in [2.05, 4.69) is 25.3 Å². The molecule has 0 unspecified atom stereocenters. The average Bonchev–Trinajstić information content (AvgIpc) is 3.19. The van der Waals surface area contributed by atoms with Crippen LogP contribution in [0, 0.1) is 6.92 Å². The van der Waals surface area contributed by atoms with E-state index in [1.807, 2.05) is 30.5 Å². The first-order valence-corrected chi connectivity index (χ1v) is 7.72. The Labute approximate surface area is 127 Å². The van der Waals surface area contributed by atoms with Crippen LogP contribution in [-0.2, 0) is 0 Å². The molecule has 4 heterocycles. The van der Waals surface area contributed by atoms with Crippen LogP contribution >= 0.6 is 23.1 Å². The van der Waals surface area contributed by atoms with E-state index in [-0.39, 0.29) is 0 Å². The molecule has 0 N–H and O–H groups in total. The molecular weight excluding hydrogens is 308 g/mol. The third-order valence-electron chi connectivity index (χ3n) is 2.68. The summed E-state index contributed by atoms with van der Waals surface area (Å²) in [5, 5.41) is 15.5. The van der Waals surface area contributed by atoms with E-state index in [1.54, 1.807) is 15.9 Å². The molecule has 0 bridgehead atoms. The molecule has 7 nitrogen and oxygen atoms in total. The summed E-state index contributed by atoms with van der Waals surface area (Å²) in [7, 11) is 0. The third kappa shape index (κ3) is 2.30. The summed E-state index contributed by atoms with van der Waals surface area (Å²) in [5.74, 6) is 1.07. The summed E-state index contributed by atoms with van der Waals surface area (Å²) < 4.78 is 7.31. The van der Waals surface area contributed by atoms with Gasteiger partial charge in [-0.2, -0.15) is 14.6 Å². The zero-order valence-electron chi connectivity index (χ0n) is 10.8. The van der Waals surface area contributed by atoms with Crippen molar-refractivity contribution in [2.24, 2.45) is 0 Å². The Hall–Kier alpha value is -2.26. The molecule has 4 aromatic heterocycles. The molecule has 0 saturated heterocycles. The number of fused-ring (bicyclic) bond motifs is 1. The molecule has 0 aromatic carbocycles. The number of nitrogens with zero attached hydrogens (tertiary/aromatic N) is 6. The molecule has 0 amide bonds. The van der Waals surface area contributed by atoms with Gasteiger partial charge in [0.25, 0.3) is 16.9 Å². The summed E-state index contributed by atoms with van der Waals surface area (Å²) in [6.07, 6.45) is 1.47. The summed E-state index contributed by atoms with van der Waals surface area (Å²) in [4.78, 5) is 9.34. The van der Waals surface area contributed by atoms with Gasteiger partial charge in [-0.15, -0.1) is 21.5 Å². The summed E-state index contributed by atoms with van der Waals surface area (Å²) >= 11 is 2.90. The van der Waals surface area contributed by atoms with Crippen molar-refractivity contribution >= 4 is 28.9 Å². The molecule has 4 aromatic rings. The van der Waals surface area contributed by atoms with Crippen molar-refractivity contribution in [2.75, 3.05) is 0 Å². The lowest BCUT2D eigenvalue weighted by Crippen LogP contribution is -1.97. The molecule has 0 spiro atoms. The van der Waals surface area contributed by atoms with E-state index in [0.717, 1.165) is 15.6 Å². The first-order valence-electron chi connectivity index (χ1n) is 6.02. The van der Waals surface area contributed by atoms with Crippen molar-refractivity contribution in [1.82, 2.24) is 29.8 Å². The van der Waals surface area contributed by atoms with Gasteiger partial charge in [-0.05, 0) is 36.2 Å². The van der Waals surface area contributed by atoms with Crippen LogP contribution in [0.15, 0.2) is 44.6 Å². The van der Waals surface area contributed by atoms with Crippen LogP contribution in [0.2, 0.25) is 0 Å². The zero-order chi connectivity index (χ0) is 14.2. The lowest BCUT2D eigenvalue weighted by Gasteiger charge is -2.01. The minimum atomic E-state index is 0.459. The molecular formula is C12H8N6OS2. The standard InChI is InChI=1S/C12H8N6OS2/c1-7-5-9(18-11(15-7)13-6-14-18)21-12-17-16-10(19-12)8-3-2-4-20-8/h2-6H,1H3. The monoisotopic (exact) mass is 316 g/mol. The molecule has 0 saturated carbocycles. The largest absolute Gasteiger partial charge is 0.410 e. The van der Waals surface area contributed by atoms with Gasteiger partial charge in [-0.25, -0.2) is 4.98 Å². The quantitative estimate of drug-likeness (QED) is 0.537. The van der Waals surface area contributed by atoms with Gasteiger partial charge in [0, 0.05) is 5.69 Å². The molecule has 0 radical (unpaired) electrons. The first-order chi connectivity index (χ1) is 10.3. The van der Waals surface area contributed by atoms with Gasteiger partial charge in [-0.3, -0.25) is 0 Å². The van der Waals surface area contributed by atoms with Gasteiger partial charge >= 0.3 is 0 Å². The van der Waals surface area contributed by atoms with Crippen LogP contribution in [0.5, 0.6) is 0 Å². The fraction of sp³-hybridized carbons (Fsp3) is 0.0833. The second-order valence-electron chi connectivity index (χ2n) is 4.16. The maximum absolute atomic E-state index is 5.67. The van der Waals surface area contributed by atoms with E-state index in [4.69, 9.17) is 4.42 Å². The highest BCUT2D eigenvalue weighted by molar-refractivity contribution is 7.99. The normalized spacial score (nSPS) is 11.3. The molecule has 21 heavy (non-hydrogen) atoms. The highest BCUT2D eigenvalue weighted by atomic mass is 32.2. The number of thiophene rings is 1. The van der Waals surface area contributed by atoms with Crippen LogP contribution in [0.1, 0.15) is 5.69 Å². The second kappa shape index (κ2) is 4.93. The van der Waals surface area contributed by atoms with Crippen molar-refractivity contribution in [3.05, 3.63) is 35.6 Å². The van der Waals surface area contributed by atoms with E-state index in [9.17, 15) is 0 Å². The predicted octanol–water partition coefficient (Wildman–Crippen LogP) is 2.70. The van der Waals surface area contributed by atoms with Crippen LogP contribution in [-0.4, -0.2) is 29.8 Å². The maximum Gasteiger partial charge on any atom is 0.283 e. The van der Waals surface area contributed by atoms with E-state index >= 15 is 0 Å². The van der Waals surface area contributed by atoms with Crippen LogP contribution in [0.3, 0.4) is 0 Å². The highest BCUT2D eigenvalue weighted by Crippen LogP contribution is 2.30. The van der Waals surface area contributed by atoms with Gasteiger partial charge in [0.05, 0.1) is 4.88 Å². The molecule has 9 heteroatoms. The summed E-state index contributed by atoms with van der Waals surface area (Å²) in [6.45, 7) is 1.91. The molecule has 0 aliphatic rings. The fourth-order valence-corrected chi connectivity index (χ4v) is 3.28. The Morgan fingerprint density at radius 2 is 2.29 bits per heavy atom. The van der Waals surface area contributed by atoms with Gasteiger partial charge in [0.15, 0.2) is 0 Å². The van der Waals surface area contributed by atoms with Crippen molar-refractivity contribution in [3.8, 4) is 10.8 Å². The molecule has 0 fully saturated rings. The van der Waals surface area contributed by atoms with Crippen molar-refractivity contribution in [1.29, 1.82) is 0 Å². The SMILES string of the molecule is Cc1cc(Sc2nnc(-c3cccs3)o2)n2ncnc2n1. The van der Waals surface area contributed by atoms with E-state index < -0.39 is 0 Å². The average molecular weight is 316 g/mol. The summed E-state index contributed by atoms with van der Waals surface area (Å²) in [6, 6.07) is 5.79. The number of aromatic nitrogens is 6. The first kappa shape index (κ1) is 12.5. The Morgan fingerprint density at radius 1 is 1.33 bits per heavy atom. The van der Waals surface area contributed by atoms with Crippen molar-refractivity contribution in [3.63, 3.8) is 0 Å². The Balaban J connectivity index is 1.70. The van der Waals surface area contributed by atoms with Crippen molar-refractivity contribution < 1.29 is 4.42 Å². The Morgan fingerprint density at radius 3 is 3.14 bits per heavy atom. The van der Waals surface area contributed by atoms with Gasteiger partial charge in [0.2, 0.25) is 0 Å². The number of hydrogen-bond donors (Lipinski definition) is 0. The third-order valence-corrected chi connectivity index (χ3v) is 4.37. The second-order valence-corrected chi connectivity index (χ2v) is 6.08. The smallest absolute Gasteiger partial charge is 0.283 e. The van der Waals surface area contributed by atoms with E-state index in [0.29, 0.717) is 16.9 Å². The summed E-state index contributed by atoms with van der Waals surface area (Å²) in [5.41, 5.74) is 0.857. The molecule has 4 rings (SSSR count). The minimum absolute atomic E-state index is 0.459. The number of aryl methyl sites for hydroxylation is 1. The predicted molar refractivity (Wildman–Crippen MR) is 77.3 cm³/mol. The lowest BCUT2D eigenvalue weighted by molar-refractivity contribution is 0.466. The molecule has 0 atom stereocenters. The Bertz CT molecular complexity index is 898. The number of rotatable bonds is 3. The van der Waals surface area contributed by atoms with Gasteiger partial charge in [-0.1, -0.05) is 6.07 Å². The van der Waals surface area contributed by atoms with Gasteiger partial charge in [0.1, 0.15) is 11.4 Å². The van der Waals surface area contributed by atoms with E-state index in [1.165, 1.54) is 18.1 Å². The molecule has 104 valence electrons. The van der Waals surface area contributed by atoms with Crippen molar-refractivity contribution in [2.45, 2.75) is 17.2 Å². The minimum Gasteiger partial charge on any atom is -0.410 e. The van der Waals surface area contributed by atoms with Gasteiger partial charge < -0.3 is 4.42 Å². The van der Waals surface area contributed by atoms with Crippen LogP contribution in [0.4, 0.5) is 0 Å². The zero-order valence-corrected chi connectivity index (χ0v) is 12.4. The maximum atomic E-state index is 5.67. The Kier molecular flexibility index (Phi) is 2.93. The van der Waals surface area contributed by atoms with Crippen LogP contribution < -0.4 is 0 Å². The topological polar surface area (TPSA) is 82.0 Å². The number of hydrogen-bond acceptors (Lipinski definition) is 8. The van der Waals surface area contributed by atoms with Crippen LogP contribution in [0.25, 0.3) is 16.5 Å². The highest BCUT2D eigenvalue weighted by Gasteiger charge is 2.14.